The molecule has 0 bridgehead atoms. The summed E-state index contributed by atoms with van der Waals surface area (Å²) in [5, 5.41) is 6.18. The molecule has 0 radical (unpaired) electrons. The average molecular weight is 246 g/mol. The van der Waals surface area contributed by atoms with Crippen molar-refractivity contribution in [3.8, 4) is 0 Å². The number of nitrogens with one attached hydrogen (secondary N) is 2. The third kappa shape index (κ3) is 3.33. The fraction of sp³-hybridized carbons (Fsp3) is 0.533. The van der Waals surface area contributed by atoms with Gasteiger partial charge in [-0.2, -0.15) is 0 Å². The van der Waals surface area contributed by atoms with Gasteiger partial charge in [0, 0.05) is 12.6 Å². The second kappa shape index (κ2) is 5.53. The van der Waals surface area contributed by atoms with E-state index in [2.05, 4.69) is 43.5 Å². The van der Waals surface area contributed by atoms with Crippen LogP contribution in [0.2, 0.25) is 0 Å². The van der Waals surface area contributed by atoms with Gasteiger partial charge in [0.25, 0.3) is 0 Å². The monoisotopic (exact) mass is 246 g/mol. The highest BCUT2D eigenvalue weighted by Crippen LogP contribution is 2.18. The minimum Gasteiger partial charge on any atom is -0.351 e. The Morgan fingerprint density at radius 3 is 2.61 bits per heavy atom. The van der Waals surface area contributed by atoms with E-state index >= 15 is 0 Å². The van der Waals surface area contributed by atoms with Crippen molar-refractivity contribution in [1.82, 2.24) is 10.6 Å². The molecule has 0 spiro atoms. The van der Waals surface area contributed by atoms with Crippen molar-refractivity contribution in [3.05, 3.63) is 34.4 Å². The van der Waals surface area contributed by atoms with Gasteiger partial charge < -0.3 is 10.6 Å². The fourth-order valence-corrected chi connectivity index (χ4v) is 1.98. The first-order chi connectivity index (χ1) is 8.58. The molecule has 0 atom stereocenters. The Morgan fingerprint density at radius 2 is 1.94 bits per heavy atom. The van der Waals surface area contributed by atoms with E-state index in [1.807, 2.05) is 0 Å². The second-order valence-electron chi connectivity index (χ2n) is 5.22. The van der Waals surface area contributed by atoms with Crippen molar-refractivity contribution < 1.29 is 4.79 Å². The van der Waals surface area contributed by atoms with Crippen molar-refractivity contribution in [3.63, 3.8) is 0 Å². The highest BCUT2D eigenvalue weighted by atomic mass is 16.1. The van der Waals surface area contributed by atoms with E-state index in [9.17, 15) is 4.79 Å². The zero-order chi connectivity index (χ0) is 13.1. The van der Waals surface area contributed by atoms with Gasteiger partial charge in [-0.05, 0) is 55.9 Å². The summed E-state index contributed by atoms with van der Waals surface area (Å²) in [5.41, 5.74) is 5.11. The van der Waals surface area contributed by atoms with Crippen molar-refractivity contribution in [2.75, 3.05) is 6.54 Å². The normalized spacial score (nSPS) is 14.6. The van der Waals surface area contributed by atoms with E-state index in [1.165, 1.54) is 35.1 Å². The maximum absolute atomic E-state index is 11.6. The molecule has 3 nitrogen and oxygen atoms in total. The number of benzene rings is 1. The van der Waals surface area contributed by atoms with Crippen LogP contribution in [0.1, 0.15) is 35.1 Å². The van der Waals surface area contributed by atoms with Crippen LogP contribution in [0.25, 0.3) is 0 Å². The van der Waals surface area contributed by atoms with Gasteiger partial charge in [-0.3, -0.25) is 4.79 Å². The van der Waals surface area contributed by atoms with Crippen LogP contribution >= 0.6 is 0 Å². The van der Waals surface area contributed by atoms with Crippen LogP contribution in [0.3, 0.4) is 0 Å². The van der Waals surface area contributed by atoms with Gasteiger partial charge in [0.1, 0.15) is 0 Å². The predicted molar refractivity (Wildman–Crippen MR) is 73.5 cm³/mol. The van der Waals surface area contributed by atoms with E-state index in [-0.39, 0.29) is 5.91 Å². The molecular formula is C15H22N2O. The SMILES string of the molecule is Cc1ccc(CNC(=O)CNC2CC2)c(C)c1C. The Labute approximate surface area is 109 Å². The summed E-state index contributed by atoms with van der Waals surface area (Å²) in [7, 11) is 0. The van der Waals surface area contributed by atoms with Crippen LogP contribution < -0.4 is 10.6 Å². The molecule has 0 heterocycles. The Hall–Kier alpha value is -1.35. The van der Waals surface area contributed by atoms with Gasteiger partial charge >= 0.3 is 0 Å². The van der Waals surface area contributed by atoms with E-state index < -0.39 is 0 Å². The zero-order valence-corrected chi connectivity index (χ0v) is 11.5. The van der Waals surface area contributed by atoms with Crippen molar-refractivity contribution >= 4 is 5.91 Å². The first kappa shape index (κ1) is 13.1. The smallest absolute Gasteiger partial charge is 0.234 e. The summed E-state index contributed by atoms with van der Waals surface area (Å²) in [6.45, 7) is 7.42. The van der Waals surface area contributed by atoms with Crippen molar-refractivity contribution in [1.29, 1.82) is 0 Å². The van der Waals surface area contributed by atoms with Gasteiger partial charge in [-0.25, -0.2) is 0 Å². The number of carbonyl (C=O) groups excluding carboxylic acids is 1. The van der Waals surface area contributed by atoms with E-state index in [0.29, 0.717) is 19.1 Å². The first-order valence-corrected chi connectivity index (χ1v) is 6.63. The van der Waals surface area contributed by atoms with Gasteiger partial charge in [-0.1, -0.05) is 12.1 Å². The number of hydrogen-bond acceptors (Lipinski definition) is 2. The maximum atomic E-state index is 11.6. The van der Waals surface area contributed by atoms with Crippen LogP contribution in [-0.2, 0) is 11.3 Å². The Bertz CT molecular complexity index is 450. The molecule has 0 saturated heterocycles. The Morgan fingerprint density at radius 1 is 1.22 bits per heavy atom. The van der Waals surface area contributed by atoms with Gasteiger partial charge in [0.05, 0.1) is 6.54 Å². The molecule has 0 aliphatic heterocycles. The lowest BCUT2D eigenvalue weighted by Gasteiger charge is -2.12. The molecule has 18 heavy (non-hydrogen) atoms. The molecule has 2 N–H and O–H groups in total. The average Bonchev–Trinajstić information content (AvgIpc) is 3.16. The third-order valence-corrected chi connectivity index (χ3v) is 3.77. The highest BCUT2D eigenvalue weighted by molar-refractivity contribution is 5.78. The van der Waals surface area contributed by atoms with E-state index in [1.54, 1.807) is 0 Å². The van der Waals surface area contributed by atoms with E-state index in [4.69, 9.17) is 0 Å². The summed E-state index contributed by atoms with van der Waals surface area (Å²) < 4.78 is 0. The molecule has 0 unspecified atom stereocenters. The number of aryl methyl sites for hydroxylation is 1. The van der Waals surface area contributed by atoms with Crippen LogP contribution in [0.15, 0.2) is 12.1 Å². The number of hydrogen-bond donors (Lipinski definition) is 2. The van der Waals surface area contributed by atoms with Gasteiger partial charge in [-0.15, -0.1) is 0 Å². The van der Waals surface area contributed by atoms with Crippen LogP contribution in [0.4, 0.5) is 0 Å². The topological polar surface area (TPSA) is 41.1 Å². The number of carbonyl (C=O) groups is 1. The van der Waals surface area contributed by atoms with Crippen molar-refractivity contribution in [2.24, 2.45) is 0 Å². The standard InChI is InChI=1S/C15H22N2O/c1-10-4-5-13(12(3)11(10)2)8-17-15(18)9-16-14-6-7-14/h4-5,14,16H,6-9H2,1-3H3,(H,17,18). The Balaban J connectivity index is 1.85. The predicted octanol–water partition coefficient (Wildman–Crippen LogP) is 1.98. The van der Waals surface area contributed by atoms with Crippen LogP contribution in [0.5, 0.6) is 0 Å². The van der Waals surface area contributed by atoms with Crippen LogP contribution in [0, 0.1) is 20.8 Å². The lowest BCUT2D eigenvalue weighted by molar-refractivity contribution is -0.120. The molecule has 1 aromatic carbocycles. The summed E-state index contributed by atoms with van der Waals surface area (Å²) in [6.07, 6.45) is 2.42. The minimum atomic E-state index is 0.0829. The van der Waals surface area contributed by atoms with Crippen molar-refractivity contribution in [2.45, 2.75) is 46.2 Å². The minimum absolute atomic E-state index is 0.0829. The molecule has 1 amide bonds. The Kier molecular flexibility index (Phi) is 4.02. The largest absolute Gasteiger partial charge is 0.351 e. The quantitative estimate of drug-likeness (QED) is 0.834. The maximum Gasteiger partial charge on any atom is 0.234 e. The molecule has 1 aliphatic rings. The van der Waals surface area contributed by atoms with Gasteiger partial charge in [0.2, 0.25) is 5.91 Å². The molecule has 1 fully saturated rings. The lowest BCUT2D eigenvalue weighted by atomic mass is 9.99. The molecule has 2 rings (SSSR count). The number of amides is 1. The third-order valence-electron chi connectivity index (χ3n) is 3.77. The molecule has 3 heteroatoms. The summed E-state index contributed by atoms with van der Waals surface area (Å²) in [4.78, 5) is 11.6. The summed E-state index contributed by atoms with van der Waals surface area (Å²) in [5.74, 6) is 0.0829. The molecule has 1 aliphatic carbocycles. The van der Waals surface area contributed by atoms with Gasteiger partial charge in [0.15, 0.2) is 0 Å². The van der Waals surface area contributed by atoms with E-state index in [0.717, 1.165) is 0 Å². The lowest BCUT2D eigenvalue weighted by Crippen LogP contribution is -2.34. The van der Waals surface area contributed by atoms with Crippen LogP contribution in [-0.4, -0.2) is 18.5 Å². The number of rotatable bonds is 5. The molecule has 0 aromatic heterocycles. The second-order valence-corrected chi connectivity index (χ2v) is 5.22. The molecule has 98 valence electrons. The molecular weight excluding hydrogens is 224 g/mol. The highest BCUT2D eigenvalue weighted by Gasteiger charge is 2.20. The molecule has 1 saturated carbocycles. The summed E-state index contributed by atoms with van der Waals surface area (Å²) >= 11 is 0. The zero-order valence-electron chi connectivity index (χ0n) is 11.5. The first-order valence-electron chi connectivity index (χ1n) is 6.63. The fourth-order valence-electron chi connectivity index (χ4n) is 1.98. The molecule has 1 aromatic rings. The summed E-state index contributed by atoms with van der Waals surface area (Å²) in [6, 6.07) is 4.80.